The molecule has 28 heavy (non-hydrogen) atoms. The third kappa shape index (κ3) is 4.59. The third-order valence-corrected chi connectivity index (χ3v) is 4.34. The van der Waals surface area contributed by atoms with Crippen molar-refractivity contribution in [1.82, 2.24) is 10.6 Å². The number of rotatable bonds is 6. The molecule has 1 heterocycles. The van der Waals surface area contributed by atoms with Crippen LogP contribution in [-0.4, -0.2) is 25.2 Å². The van der Waals surface area contributed by atoms with Crippen LogP contribution in [0.25, 0.3) is 6.08 Å². The molecule has 0 aromatic heterocycles. The molecule has 0 unspecified atom stereocenters. The van der Waals surface area contributed by atoms with Gasteiger partial charge in [-0.05, 0) is 18.6 Å². The molecule has 0 fully saturated rings. The molecule has 0 aliphatic carbocycles. The maximum atomic E-state index is 12.7. The summed E-state index contributed by atoms with van der Waals surface area (Å²) in [6.45, 7) is 1.84. The topological polar surface area (TPSA) is 76.7 Å². The zero-order valence-electron chi connectivity index (χ0n) is 15.8. The maximum absolute atomic E-state index is 12.7. The monoisotopic (exact) mass is 378 g/mol. The second-order valence-electron chi connectivity index (χ2n) is 6.28. The molecule has 0 bridgehead atoms. The normalized spacial score (nSPS) is 16.5. The molecule has 1 atom stereocenters. The molecule has 3 rings (SSSR count). The Balaban J connectivity index is 1.80. The van der Waals surface area contributed by atoms with E-state index >= 15 is 0 Å². The summed E-state index contributed by atoms with van der Waals surface area (Å²) in [5.41, 5.74) is 2.56. The minimum Gasteiger partial charge on any atom is -0.496 e. The van der Waals surface area contributed by atoms with E-state index in [0.717, 1.165) is 11.1 Å². The van der Waals surface area contributed by atoms with Gasteiger partial charge in [0, 0.05) is 11.3 Å². The van der Waals surface area contributed by atoms with Crippen molar-refractivity contribution in [3.63, 3.8) is 0 Å². The predicted octanol–water partition coefficient (Wildman–Crippen LogP) is 3.41. The quantitative estimate of drug-likeness (QED) is 0.756. The molecule has 2 aromatic rings. The summed E-state index contributed by atoms with van der Waals surface area (Å²) < 4.78 is 10.8. The third-order valence-electron chi connectivity index (χ3n) is 4.34. The maximum Gasteiger partial charge on any atom is 0.338 e. The van der Waals surface area contributed by atoms with Gasteiger partial charge in [0.25, 0.3) is 0 Å². The van der Waals surface area contributed by atoms with E-state index < -0.39 is 12.0 Å². The SMILES string of the molecule is COc1ccccc1/C=C/[C@@H]1NC(=O)NC(C)=C1C(=O)OCc1ccccc1. The minimum absolute atomic E-state index is 0.160. The molecule has 6 nitrogen and oxygen atoms in total. The van der Waals surface area contributed by atoms with Crippen LogP contribution in [0.2, 0.25) is 0 Å². The van der Waals surface area contributed by atoms with Gasteiger partial charge in [0.05, 0.1) is 18.7 Å². The average Bonchev–Trinajstić information content (AvgIpc) is 2.71. The fourth-order valence-corrected chi connectivity index (χ4v) is 2.95. The van der Waals surface area contributed by atoms with Gasteiger partial charge in [-0.15, -0.1) is 0 Å². The van der Waals surface area contributed by atoms with Gasteiger partial charge >= 0.3 is 12.0 Å². The van der Waals surface area contributed by atoms with Crippen LogP contribution in [0.4, 0.5) is 4.79 Å². The zero-order valence-corrected chi connectivity index (χ0v) is 15.8. The molecule has 144 valence electrons. The van der Waals surface area contributed by atoms with Crippen LogP contribution in [0, 0.1) is 0 Å². The Morgan fingerprint density at radius 1 is 1.11 bits per heavy atom. The smallest absolute Gasteiger partial charge is 0.338 e. The van der Waals surface area contributed by atoms with Crippen LogP contribution in [0.5, 0.6) is 5.75 Å². The molecule has 0 saturated carbocycles. The van der Waals surface area contributed by atoms with Gasteiger partial charge in [0.2, 0.25) is 0 Å². The number of amides is 2. The molecule has 6 heteroatoms. The largest absolute Gasteiger partial charge is 0.496 e. The van der Waals surface area contributed by atoms with Crippen molar-refractivity contribution >= 4 is 18.1 Å². The molecule has 1 aliphatic rings. The van der Waals surface area contributed by atoms with Crippen molar-refractivity contribution < 1.29 is 19.1 Å². The van der Waals surface area contributed by atoms with Gasteiger partial charge < -0.3 is 20.1 Å². The van der Waals surface area contributed by atoms with E-state index in [-0.39, 0.29) is 12.6 Å². The fourth-order valence-electron chi connectivity index (χ4n) is 2.95. The lowest BCUT2D eigenvalue weighted by Crippen LogP contribution is -2.49. The summed E-state index contributed by atoms with van der Waals surface area (Å²) in [5.74, 6) is 0.219. The second kappa shape index (κ2) is 8.90. The Kier molecular flexibility index (Phi) is 6.11. The van der Waals surface area contributed by atoms with Crippen molar-refractivity contribution in [1.29, 1.82) is 0 Å². The first-order chi connectivity index (χ1) is 13.6. The van der Waals surface area contributed by atoms with E-state index in [4.69, 9.17) is 9.47 Å². The first-order valence-electron chi connectivity index (χ1n) is 8.89. The molecular formula is C22H22N2O4. The predicted molar refractivity (Wildman–Crippen MR) is 106 cm³/mol. The summed E-state index contributed by atoms with van der Waals surface area (Å²) in [6, 6.07) is 16.0. The van der Waals surface area contributed by atoms with E-state index in [0.29, 0.717) is 17.0 Å². The molecule has 0 radical (unpaired) electrons. The van der Waals surface area contributed by atoms with E-state index in [1.807, 2.05) is 60.7 Å². The summed E-state index contributed by atoms with van der Waals surface area (Å²) in [4.78, 5) is 24.6. The van der Waals surface area contributed by atoms with Crippen LogP contribution in [0.3, 0.4) is 0 Å². The number of nitrogens with one attached hydrogen (secondary N) is 2. The second-order valence-corrected chi connectivity index (χ2v) is 6.28. The van der Waals surface area contributed by atoms with Crippen molar-refractivity contribution in [2.45, 2.75) is 19.6 Å². The molecule has 2 N–H and O–H groups in total. The summed E-state index contributed by atoms with van der Waals surface area (Å²) in [6.07, 6.45) is 3.56. The number of para-hydroxylation sites is 1. The number of carbonyl (C=O) groups excluding carboxylic acids is 2. The highest BCUT2D eigenvalue weighted by Gasteiger charge is 2.29. The number of urea groups is 1. The number of allylic oxidation sites excluding steroid dienone is 1. The summed E-state index contributed by atoms with van der Waals surface area (Å²) >= 11 is 0. The lowest BCUT2D eigenvalue weighted by molar-refractivity contribution is -0.140. The number of hydrogen-bond donors (Lipinski definition) is 2. The number of carbonyl (C=O) groups is 2. The number of ether oxygens (including phenoxy) is 2. The standard InChI is InChI=1S/C22H22N2O4/c1-15-20(21(25)28-14-16-8-4-3-5-9-16)18(24-22(26)23-15)13-12-17-10-6-7-11-19(17)27-2/h3-13,18H,14H2,1-2H3,(H2,23,24,26)/b13-12+/t18-/m0/s1. The first kappa shape index (κ1) is 19.2. The van der Waals surface area contributed by atoms with Gasteiger partial charge in [0.1, 0.15) is 12.4 Å². The number of methoxy groups -OCH3 is 1. The number of hydrogen-bond acceptors (Lipinski definition) is 4. The lowest BCUT2D eigenvalue weighted by atomic mass is 10.0. The average molecular weight is 378 g/mol. The van der Waals surface area contributed by atoms with Crippen LogP contribution in [0.15, 0.2) is 71.9 Å². The van der Waals surface area contributed by atoms with E-state index in [2.05, 4.69) is 10.6 Å². The highest BCUT2D eigenvalue weighted by molar-refractivity contribution is 5.95. The Hall–Kier alpha value is -3.54. The number of benzene rings is 2. The van der Waals surface area contributed by atoms with Gasteiger partial charge in [-0.2, -0.15) is 0 Å². The number of esters is 1. The summed E-state index contributed by atoms with van der Waals surface area (Å²) in [7, 11) is 1.59. The van der Waals surface area contributed by atoms with Crippen molar-refractivity contribution in [2.24, 2.45) is 0 Å². The van der Waals surface area contributed by atoms with Crippen molar-refractivity contribution in [2.75, 3.05) is 7.11 Å². The minimum atomic E-state index is -0.609. The Labute approximate surface area is 163 Å². The Morgan fingerprint density at radius 2 is 1.82 bits per heavy atom. The zero-order chi connectivity index (χ0) is 19.9. The van der Waals surface area contributed by atoms with Crippen LogP contribution >= 0.6 is 0 Å². The summed E-state index contributed by atoms with van der Waals surface area (Å²) in [5, 5.41) is 5.38. The molecule has 2 amide bonds. The van der Waals surface area contributed by atoms with Gasteiger partial charge in [-0.25, -0.2) is 9.59 Å². The molecule has 1 aliphatic heterocycles. The first-order valence-corrected chi connectivity index (χ1v) is 8.89. The van der Waals surface area contributed by atoms with Crippen LogP contribution in [0.1, 0.15) is 18.1 Å². The highest BCUT2D eigenvalue weighted by Crippen LogP contribution is 2.21. The van der Waals surface area contributed by atoms with Gasteiger partial charge in [-0.1, -0.05) is 60.7 Å². The van der Waals surface area contributed by atoms with E-state index in [1.165, 1.54) is 0 Å². The van der Waals surface area contributed by atoms with Crippen LogP contribution < -0.4 is 15.4 Å². The van der Waals surface area contributed by atoms with Gasteiger partial charge in [0.15, 0.2) is 0 Å². The van der Waals surface area contributed by atoms with Crippen molar-refractivity contribution in [3.05, 3.63) is 83.1 Å². The highest BCUT2D eigenvalue weighted by atomic mass is 16.5. The fraction of sp³-hybridized carbons (Fsp3) is 0.182. The molecule has 2 aromatic carbocycles. The van der Waals surface area contributed by atoms with Crippen molar-refractivity contribution in [3.8, 4) is 5.75 Å². The van der Waals surface area contributed by atoms with E-state index in [9.17, 15) is 9.59 Å². The van der Waals surface area contributed by atoms with Crippen LogP contribution in [-0.2, 0) is 16.1 Å². The Morgan fingerprint density at radius 3 is 2.57 bits per heavy atom. The molecule has 0 spiro atoms. The molecule has 0 saturated heterocycles. The van der Waals surface area contributed by atoms with E-state index in [1.54, 1.807) is 20.1 Å². The Bertz CT molecular complexity index is 919. The van der Waals surface area contributed by atoms with Gasteiger partial charge in [-0.3, -0.25) is 0 Å². The lowest BCUT2D eigenvalue weighted by Gasteiger charge is -2.25. The molecular weight excluding hydrogens is 356 g/mol.